The molecule has 1 amide bonds. The number of carbonyl (C=O) groups is 1. The molecule has 0 saturated carbocycles. The standard InChI is InChI=1S/C17H24ClN3O2/c1-12-10-21(11-13(2)23-12)16-15(18)8-14(9-19-16)17(22)20-6-4-3-5-7-20/h8-9,12-13H,3-7,10-11H2,1-2H3/t12-,13-/m0/s1. The second-order valence-electron chi connectivity index (χ2n) is 6.54. The number of carbonyl (C=O) groups excluding carboxylic acids is 1. The van der Waals surface area contributed by atoms with Gasteiger partial charge in [0.05, 0.1) is 22.8 Å². The van der Waals surface area contributed by atoms with Gasteiger partial charge in [-0.05, 0) is 39.2 Å². The minimum Gasteiger partial charge on any atom is -0.372 e. The van der Waals surface area contributed by atoms with E-state index in [9.17, 15) is 4.79 Å². The SMILES string of the molecule is C[C@H]1CN(c2ncc(C(=O)N3CCCCC3)cc2Cl)C[C@H](C)O1. The average Bonchev–Trinajstić information content (AvgIpc) is 2.54. The molecule has 1 aromatic rings. The van der Waals surface area contributed by atoms with Gasteiger partial charge in [-0.1, -0.05) is 11.6 Å². The van der Waals surface area contributed by atoms with E-state index in [0.29, 0.717) is 10.6 Å². The van der Waals surface area contributed by atoms with Crippen LogP contribution in [0.2, 0.25) is 5.02 Å². The molecule has 3 heterocycles. The number of hydrogen-bond acceptors (Lipinski definition) is 4. The first-order valence-corrected chi connectivity index (χ1v) is 8.77. The lowest BCUT2D eigenvalue weighted by Gasteiger charge is -2.36. The maximum absolute atomic E-state index is 12.5. The molecular weight excluding hydrogens is 314 g/mol. The average molecular weight is 338 g/mol. The van der Waals surface area contributed by atoms with Crippen LogP contribution in [-0.2, 0) is 4.74 Å². The van der Waals surface area contributed by atoms with Gasteiger partial charge < -0.3 is 14.5 Å². The monoisotopic (exact) mass is 337 g/mol. The van der Waals surface area contributed by atoms with Crippen molar-refractivity contribution in [2.24, 2.45) is 0 Å². The number of pyridine rings is 1. The number of amides is 1. The van der Waals surface area contributed by atoms with Crippen LogP contribution in [0, 0.1) is 0 Å². The van der Waals surface area contributed by atoms with Crippen molar-refractivity contribution >= 4 is 23.3 Å². The van der Waals surface area contributed by atoms with Crippen molar-refractivity contribution in [2.75, 3.05) is 31.1 Å². The van der Waals surface area contributed by atoms with Gasteiger partial charge in [0, 0.05) is 32.4 Å². The molecule has 3 rings (SSSR count). The highest BCUT2D eigenvalue weighted by Gasteiger charge is 2.26. The molecule has 6 heteroatoms. The zero-order valence-corrected chi connectivity index (χ0v) is 14.6. The Morgan fingerprint density at radius 3 is 2.48 bits per heavy atom. The molecule has 2 fully saturated rings. The molecule has 0 bridgehead atoms. The van der Waals surface area contributed by atoms with Crippen LogP contribution in [0.5, 0.6) is 0 Å². The summed E-state index contributed by atoms with van der Waals surface area (Å²) >= 11 is 6.43. The van der Waals surface area contributed by atoms with E-state index in [2.05, 4.69) is 9.88 Å². The number of ether oxygens (including phenoxy) is 1. The predicted molar refractivity (Wildman–Crippen MR) is 91.2 cm³/mol. The first-order chi connectivity index (χ1) is 11.0. The van der Waals surface area contributed by atoms with Gasteiger partial charge in [-0.3, -0.25) is 4.79 Å². The van der Waals surface area contributed by atoms with Crippen molar-refractivity contribution in [1.82, 2.24) is 9.88 Å². The van der Waals surface area contributed by atoms with Gasteiger partial charge in [0.1, 0.15) is 5.82 Å². The summed E-state index contributed by atoms with van der Waals surface area (Å²) < 4.78 is 5.75. The Labute approximate surface area is 142 Å². The Bertz CT molecular complexity index is 565. The fourth-order valence-electron chi connectivity index (χ4n) is 3.41. The fraction of sp³-hybridized carbons (Fsp3) is 0.647. The minimum absolute atomic E-state index is 0.0364. The third-order valence-electron chi connectivity index (χ3n) is 4.43. The number of nitrogens with zero attached hydrogens (tertiary/aromatic N) is 3. The molecule has 0 spiro atoms. The number of halogens is 1. The molecule has 2 atom stereocenters. The third-order valence-corrected chi connectivity index (χ3v) is 4.71. The van der Waals surface area contributed by atoms with Crippen LogP contribution < -0.4 is 4.90 Å². The quantitative estimate of drug-likeness (QED) is 0.832. The van der Waals surface area contributed by atoms with Crippen LogP contribution in [0.15, 0.2) is 12.3 Å². The number of hydrogen-bond donors (Lipinski definition) is 0. The Hall–Kier alpha value is -1.33. The lowest BCUT2D eigenvalue weighted by molar-refractivity contribution is -0.00545. The van der Waals surface area contributed by atoms with E-state index in [0.717, 1.165) is 44.8 Å². The number of morpholine rings is 1. The molecule has 0 unspecified atom stereocenters. The molecule has 1 aromatic heterocycles. The summed E-state index contributed by atoms with van der Waals surface area (Å²) in [6.07, 6.45) is 5.30. The number of likely N-dealkylation sites (tertiary alicyclic amines) is 1. The van der Waals surface area contributed by atoms with E-state index in [-0.39, 0.29) is 18.1 Å². The zero-order valence-electron chi connectivity index (χ0n) is 13.8. The Balaban J connectivity index is 1.76. The highest BCUT2D eigenvalue weighted by Crippen LogP contribution is 2.27. The molecule has 0 aliphatic carbocycles. The van der Waals surface area contributed by atoms with Crippen molar-refractivity contribution in [3.63, 3.8) is 0 Å². The zero-order chi connectivity index (χ0) is 16.4. The molecule has 126 valence electrons. The van der Waals surface area contributed by atoms with Gasteiger partial charge >= 0.3 is 0 Å². The molecular formula is C17H24ClN3O2. The van der Waals surface area contributed by atoms with E-state index in [4.69, 9.17) is 16.3 Å². The number of anilines is 1. The third kappa shape index (κ3) is 3.78. The summed E-state index contributed by atoms with van der Waals surface area (Å²) in [7, 11) is 0. The van der Waals surface area contributed by atoms with Gasteiger partial charge in [-0.2, -0.15) is 0 Å². The van der Waals surface area contributed by atoms with Crippen LogP contribution in [0.4, 0.5) is 5.82 Å². The van der Waals surface area contributed by atoms with Crippen LogP contribution in [0.1, 0.15) is 43.5 Å². The second-order valence-corrected chi connectivity index (χ2v) is 6.95. The lowest BCUT2D eigenvalue weighted by Crippen LogP contribution is -2.46. The molecule has 5 nitrogen and oxygen atoms in total. The Morgan fingerprint density at radius 1 is 1.22 bits per heavy atom. The van der Waals surface area contributed by atoms with Crippen molar-refractivity contribution in [2.45, 2.75) is 45.3 Å². The molecule has 0 aromatic carbocycles. The van der Waals surface area contributed by atoms with E-state index >= 15 is 0 Å². The summed E-state index contributed by atoms with van der Waals surface area (Å²) in [5.41, 5.74) is 0.579. The first kappa shape index (κ1) is 16.5. The van der Waals surface area contributed by atoms with E-state index < -0.39 is 0 Å². The summed E-state index contributed by atoms with van der Waals surface area (Å²) in [4.78, 5) is 21.0. The Kier molecular flexibility index (Phi) is 5.07. The van der Waals surface area contributed by atoms with Crippen molar-refractivity contribution < 1.29 is 9.53 Å². The summed E-state index contributed by atoms with van der Waals surface area (Å²) in [6, 6.07) is 1.76. The Morgan fingerprint density at radius 2 is 1.87 bits per heavy atom. The maximum Gasteiger partial charge on any atom is 0.255 e. The molecule has 2 saturated heterocycles. The molecule has 23 heavy (non-hydrogen) atoms. The van der Waals surface area contributed by atoms with Gasteiger partial charge in [-0.15, -0.1) is 0 Å². The largest absolute Gasteiger partial charge is 0.372 e. The van der Waals surface area contributed by atoms with Crippen molar-refractivity contribution in [3.05, 3.63) is 22.8 Å². The van der Waals surface area contributed by atoms with Gasteiger partial charge in [0.25, 0.3) is 5.91 Å². The van der Waals surface area contributed by atoms with Gasteiger partial charge in [0.2, 0.25) is 0 Å². The van der Waals surface area contributed by atoms with Crippen LogP contribution in [0.3, 0.4) is 0 Å². The normalized spacial score (nSPS) is 25.5. The number of piperidine rings is 1. The smallest absolute Gasteiger partial charge is 0.255 e. The van der Waals surface area contributed by atoms with Crippen molar-refractivity contribution in [3.8, 4) is 0 Å². The topological polar surface area (TPSA) is 45.7 Å². The summed E-state index contributed by atoms with van der Waals surface area (Å²) in [5, 5.41) is 0.536. The molecule has 0 radical (unpaired) electrons. The highest BCUT2D eigenvalue weighted by atomic mass is 35.5. The van der Waals surface area contributed by atoms with Gasteiger partial charge in [0.15, 0.2) is 0 Å². The highest BCUT2D eigenvalue weighted by molar-refractivity contribution is 6.33. The predicted octanol–water partition coefficient (Wildman–Crippen LogP) is 2.97. The summed E-state index contributed by atoms with van der Waals surface area (Å²) in [6.45, 7) is 7.27. The summed E-state index contributed by atoms with van der Waals surface area (Å²) in [5.74, 6) is 0.776. The molecule has 0 N–H and O–H groups in total. The van der Waals surface area contributed by atoms with E-state index in [1.54, 1.807) is 12.3 Å². The number of rotatable bonds is 2. The lowest BCUT2D eigenvalue weighted by atomic mass is 10.1. The van der Waals surface area contributed by atoms with E-state index in [1.807, 2.05) is 18.7 Å². The first-order valence-electron chi connectivity index (χ1n) is 8.40. The van der Waals surface area contributed by atoms with E-state index in [1.165, 1.54) is 6.42 Å². The fourth-order valence-corrected chi connectivity index (χ4v) is 3.70. The van der Waals surface area contributed by atoms with Crippen LogP contribution >= 0.6 is 11.6 Å². The number of aromatic nitrogens is 1. The van der Waals surface area contributed by atoms with Crippen molar-refractivity contribution in [1.29, 1.82) is 0 Å². The van der Waals surface area contributed by atoms with Crippen LogP contribution in [-0.4, -0.2) is 54.2 Å². The maximum atomic E-state index is 12.5. The second kappa shape index (κ2) is 7.05. The minimum atomic E-state index is 0.0364. The molecule has 2 aliphatic heterocycles. The van der Waals surface area contributed by atoms with Crippen LogP contribution in [0.25, 0.3) is 0 Å². The van der Waals surface area contributed by atoms with Gasteiger partial charge in [-0.25, -0.2) is 4.98 Å². The molecule has 2 aliphatic rings.